The lowest BCUT2D eigenvalue weighted by Crippen LogP contribution is -2.36. The Labute approximate surface area is 66.4 Å². The Balaban J connectivity index is 2.73. The third kappa shape index (κ3) is 1.60. The summed E-state index contributed by atoms with van der Waals surface area (Å²) in [4.78, 5) is 11.0. The van der Waals surface area contributed by atoms with E-state index in [1.54, 1.807) is 13.8 Å². The van der Waals surface area contributed by atoms with Gasteiger partial charge in [0.05, 0.1) is 0 Å². The minimum Gasteiger partial charge on any atom is -0.366 e. The summed E-state index contributed by atoms with van der Waals surface area (Å²) in [5.74, 6) is -1.13. The molecule has 1 aliphatic rings. The maximum absolute atomic E-state index is 11.0. The van der Waals surface area contributed by atoms with Crippen LogP contribution in [0.25, 0.3) is 0 Å². The van der Waals surface area contributed by atoms with Crippen molar-refractivity contribution in [2.75, 3.05) is 0 Å². The molecule has 0 saturated carbocycles. The fourth-order valence-electron chi connectivity index (χ4n) is 1.31. The molecule has 1 heterocycles. The number of ketones is 1. The molecule has 0 bridgehead atoms. The second-order valence-corrected chi connectivity index (χ2v) is 3.56. The lowest BCUT2D eigenvalue weighted by molar-refractivity contribution is -0.206. The molecular formula is C8H14O3. The number of Topliss-reactive ketones (excluding diaryl/α,β-unsaturated/α-hetero) is 1. The predicted molar refractivity (Wildman–Crippen MR) is 40.0 cm³/mol. The molecule has 64 valence electrons. The molecule has 1 rings (SSSR count). The molecule has 0 amide bonds. The summed E-state index contributed by atoms with van der Waals surface area (Å²) in [6, 6.07) is 0. The van der Waals surface area contributed by atoms with Gasteiger partial charge in [-0.2, -0.15) is 0 Å². The first kappa shape index (κ1) is 8.68. The number of hydrogen-bond donors (Lipinski definition) is 1. The van der Waals surface area contributed by atoms with Crippen LogP contribution in [0.15, 0.2) is 0 Å². The Kier molecular flexibility index (Phi) is 1.81. The molecule has 1 aliphatic heterocycles. The lowest BCUT2D eigenvalue weighted by Gasteiger charge is -2.23. The van der Waals surface area contributed by atoms with Gasteiger partial charge in [-0.15, -0.1) is 0 Å². The Hall–Kier alpha value is -0.410. The predicted octanol–water partition coefficient (Wildman–Crippen LogP) is 0.853. The van der Waals surface area contributed by atoms with Crippen molar-refractivity contribution in [3.63, 3.8) is 0 Å². The summed E-state index contributed by atoms with van der Waals surface area (Å²) in [5, 5.41) is 9.40. The van der Waals surface area contributed by atoms with Gasteiger partial charge in [0, 0.05) is 6.42 Å². The first-order valence-corrected chi connectivity index (χ1v) is 3.79. The summed E-state index contributed by atoms with van der Waals surface area (Å²) in [6.07, 6.45) is 1.14. The van der Waals surface area contributed by atoms with Gasteiger partial charge in [-0.1, -0.05) is 0 Å². The van der Waals surface area contributed by atoms with Crippen molar-refractivity contribution in [1.29, 1.82) is 0 Å². The third-order valence-corrected chi connectivity index (χ3v) is 2.26. The minimum atomic E-state index is -1.11. The second kappa shape index (κ2) is 2.29. The Bertz CT molecular complexity index is 186. The van der Waals surface area contributed by atoms with Crippen molar-refractivity contribution in [1.82, 2.24) is 0 Å². The third-order valence-electron chi connectivity index (χ3n) is 2.26. The van der Waals surface area contributed by atoms with Gasteiger partial charge in [-0.3, -0.25) is 4.79 Å². The zero-order valence-corrected chi connectivity index (χ0v) is 7.18. The van der Waals surface area contributed by atoms with Gasteiger partial charge in [0.1, 0.15) is 5.60 Å². The number of hydrogen-bond acceptors (Lipinski definition) is 3. The first-order chi connectivity index (χ1) is 4.86. The smallest absolute Gasteiger partial charge is 0.164 e. The zero-order chi connectivity index (χ0) is 8.70. The minimum absolute atomic E-state index is 0.0183. The van der Waals surface area contributed by atoms with E-state index in [9.17, 15) is 9.90 Å². The number of rotatable bonds is 1. The Morgan fingerprint density at radius 1 is 1.45 bits per heavy atom. The highest BCUT2D eigenvalue weighted by molar-refractivity contribution is 5.84. The van der Waals surface area contributed by atoms with Gasteiger partial charge < -0.3 is 9.84 Å². The highest BCUT2D eigenvalue weighted by Gasteiger charge is 2.45. The molecule has 1 fully saturated rings. The Morgan fingerprint density at radius 3 is 2.18 bits per heavy atom. The maximum atomic E-state index is 11.0. The van der Waals surface area contributed by atoms with Crippen LogP contribution < -0.4 is 0 Å². The van der Waals surface area contributed by atoms with Crippen LogP contribution in [0.1, 0.15) is 33.6 Å². The molecule has 0 aromatic carbocycles. The molecule has 2 atom stereocenters. The van der Waals surface area contributed by atoms with Crippen LogP contribution in [0, 0.1) is 0 Å². The molecule has 11 heavy (non-hydrogen) atoms. The molecule has 0 aliphatic carbocycles. The monoisotopic (exact) mass is 158 g/mol. The van der Waals surface area contributed by atoms with Crippen molar-refractivity contribution in [3.8, 4) is 0 Å². The van der Waals surface area contributed by atoms with E-state index in [4.69, 9.17) is 4.74 Å². The van der Waals surface area contributed by atoms with E-state index in [-0.39, 0.29) is 5.78 Å². The highest BCUT2D eigenvalue weighted by atomic mass is 16.6. The molecule has 0 spiro atoms. The number of aliphatic hydroxyl groups is 1. The standard InChI is InChI=1S/C8H14O3/c1-6(9)7(2)4-5-8(3,10)11-7/h10H,4-5H2,1-3H3. The topological polar surface area (TPSA) is 46.5 Å². The average molecular weight is 158 g/mol. The van der Waals surface area contributed by atoms with E-state index in [1.807, 2.05) is 0 Å². The number of carbonyl (C=O) groups excluding carboxylic acids is 1. The van der Waals surface area contributed by atoms with Crippen LogP contribution in [0.4, 0.5) is 0 Å². The number of carbonyl (C=O) groups is 1. The van der Waals surface area contributed by atoms with E-state index >= 15 is 0 Å². The SMILES string of the molecule is CC(=O)C1(C)CCC(C)(O)O1. The highest BCUT2D eigenvalue weighted by Crippen LogP contribution is 2.36. The van der Waals surface area contributed by atoms with Gasteiger partial charge in [-0.25, -0.2) is 0 Å². The lowest BCUT2D eigenvalue weighted by atomic mass is 9.98. The molecule has 0 aromatic heterocycles. The zero-order valence-electron chi connectivity index (χ0n) is 7.18. The first-order valence-electron chi connectivity index (χ1n) is 3.79. The van der Waals surface area contributed by atoms with Gasteiger partial charge >= 0.3 is 0 Å². The molecule has 2 unspecified atom stereocenters. The van der Waals surface area contributed by atoms with E-state index in [2.05, 4.69) is 0 Å². The fraction of sp³-hybridized carbons (Fsp3) is 0.875. The summed E-state index contributed by atoms with van der Waals surface area (Å²) in [5.41, 5.74) is -0.760. The van der Waals surface area contributed by atoms with E-state index in [0.29, 0.717) is 12.8 Å². The average Bonchev–Trinajstić information content (AvgIpc) is 2.08. The molecule has 1 saturated heterocycles. The van der Waals surface area contributed by atoms with Crippen molar-refractivity contribution in [2.45, 2.75) is 45.0 Å². The molecule has 3 nitrogen and oxygen atoms in total. The fourth-order valence-corrected chi connectivity index (χ4v) is 1.31. The van der Waals surface area contributed by atoms with Crippen molar-refractivity contribution in [2.24, 2.45) is 0 Å². The normalized spacial score (nSPS) is 44.4. The summed E-state index contributed by atoms with van der Waals surface area (Å²) in [6.45, 7) is 4.79. The van der Waals surface area contributed by atoms with Crippen molar-refractivity contribution in [3.05, 3.63) is 0 Å². The number of ether oxygens (including phenoxy) is 1. The Morgan fingerprint density at radius 2 is 2.00 bits per heavy atom. The summed E-state index contributed by atoms with van der Waals surface area (Å²) < 4.78 is 5.20. The van der Waals surface area contributed by atoms with E-state index in [0.717, 1.165) is 0 Å². The summed E-state index contributed by atoms with van der Waals surface area (Å²) >= 11 is 0. The van der Waals surface area contributed by atoms with Crippen LogP contribution in [0.3, 0.4) is 0 Å². The molecular weight excluding hydrogens is 144 g/mol. The van der Waals surface area contributed by atoms with E-state index in [1.165, 1.54) is 6.92 Å². The van der Waals surface area contributed by atoms with Crippen LogP contribution in [0.5, 0.6) is 0 Å². The summed E-state index contributed by atoms with van der Waals surface area (Å²) in [7, 11) is 0. The van der Waals surface area contributed by atoms with Crippen LogP contribution >= 0.6 is 0 Å². The van der Waals surface area contributed by atoms with Gasteiger partial charge in [-0.05, 0) is 27.2 Å². The van der Waals surface area contributed by atoms with E-state index < -0.39 is 11.4 Å². The maximum Gasteiger partial charge on any atom is 0.164 e. The quantitative estimate of drug-likeness (QED) is 0.615. The largest absolute Gasteiger partial charge is 0.366 e. The molecule has 1 N–H and O–H groups in total. The van der Waals surface area contributed by atoms with Gasteiger partial charge in [0.15, 0.2) is 11.6 Å². The molecule has 3 heteroatoms. The molecule has 0 radical (unpaired) electrons. The van der Waals surface area contributed by atoms with Gasteiger partial charge in [0.2, 0.25) is 0 Å². The van der Waals surface area contributed by atoms with Crippen LogP contribution in [0.2, 0.25) is 0 Å². The van der Waals surface area contributed by atoms with Crippen LogP contribution in [-0.2, 0) is 9.53 Å². The van der Waals surface area contributed by atoms with Crippen molar-refractivity contribution >= 4 is 5.78 Å². The second-order valence-electron chi connectivity index (χ2n) is 3.56. The van der Waals surface area contributed by atoms with Gasteiger partial charge in [0.25, 0.3) is 0 Å². The molecule has 0 aromatic rings. The van der Waals surface area contributed by atoms with Crippen LogP contribution in [-0.4, -0.2) is 22.3 Å². The van der Waals surface area contributed by atoms with Crippen molar-refractivity contribution < 1.29 is 14.6 Å².